The molecule has 0 spiro atoms. The predicted molar refractivity (Wildman–Crippen MR) is 141 cm³/mol. The lowest BCUT2D eigenvalue weighted by molar-refractivity contribution is 0.102. The maximum Gasteiger partial charge on any atom is 0.255 e. The molecule has 182 valence electrons. The smallest absolute Gasteiger partial charge is 0.255 e. The zero-order chi connectivity index (χ0) is 25.5. The fourth-order valence-corrected chi connectivity index (χ4v) is 3.60. The van der Waals surface area contributed by atoms with Crippen molar-refractivity contribution in [3.63, 3.8) is 0 Å². The van der Waals surface area contributed by atoms with Crippen molar-refractivity contribution >= 4 is 11.6 Å². The standard InChI is InChI=1S/C30H23N3O4/c1-35-27-9-5-6-10-28(27)37-29-19-26(31-20-32-29)21-11-13-22(14-12-21)30(34)33-23-15-17-25(18-16-23)36-24-7-3-2-4-8-24/h2-20H,1H3,(H,33,34). The molecule has 0 atom stereocenters. The lowest BCUT2D eigenvalue weighted by atomic mass is 10.1. The van der Waals surface area contributed by atoms with Crippen LogP contribution in [0.3, 0.4) is 0 Å². The fraction of sp³-hybridized carbons (Fsp3) is 0.0333. The van der Waals surface area contributed by atoms with Gasteiger partial charge < -0.3 is 19.5 Å². The van der Waals surface area contributed by atoms with Crippen LogP contribution in [0.25, 0.3) is 11.3 Å². The third-order valence-corrected chi connectivity index (χ3v) is 5.46. The molecule has 0 aliphatic carbocycles. The third kappa shape index (κ3) is 5.91. The number of nitrogens with one attached hydrogen (secondary N) is 1. The summed E-state index contributed by atoms with van der Waals surface area (Å²) in [6, 6.07) is 33.0. The van der Waals surface area contributed by atoms with E-state index in [9.17, 15) is 4.79 Å². The maximum atomic E-state index is 12.8. The number of methoxy groups -OCH3 is 1. The second-order valence-electron chi connectivity index (χ2n) is 7.97. The summed E-state index contributed by atoms with van der Waals surface area (Å²) < 4.78 is 17.0. The van der Waals surface area contributed by atoms with Crippen molar-refractivity contribution in [1.82, 2.24) is 9.97 Å². The van der Waals surface area contributed by atoms with Gasteiger partial charge in [0, 0.05) is 22.9 Å². The highest BCUT2D eigenvalue weighted by Crippen LogP contribution is 2.31. The number of carbonyl (C=O) groups is 1. The van der Waals surface area contributed by atoms with Gasteiger partial charge in [-0.3, -0.25) is 4.79 Å². The molecule has 0 saturated carbocycles. The first kappa shape index (κ1) is 23.6. The molecule has 1 heterocycles. The van der Waals surface area contributed by atoms with E-state index in [1.165, 1.54) is 6.33 Å². The fourth-order valence-electron chi connectivity index (χ4n) is 3.60. The van der Waals surface area contributed by atoms with Crippen LogP contribution in [0.1, 0.15) is 10.4 Å². The molecule has 5 rings (SSSR count). The van der Waals surface area contributed by atoms with E-state index in [0.29, 0.717) is 40.1 Å². The molecule has 5 aromatic rings. The molecule has 37 heavy (non-hydrogen) atoms. The summed E-state index contributed by atoms with van der Waals surface area (Å²) in [4.78, 5) is 21.3. The number of ether oxygens (including phenoxy) is 3. The van der Waals surface area contributed by atoms with Gasteiger partial charge in [-0.15, -0.1) is 0 Å². The van der Waals surface area contributed by atoms with Gasteiger partial charge in [-0.25, -0.2) is 9.97 Å². The largest absolute Gasteiger partial charge is 0.493 e. The van der Waals surface area contributed by atoms with Gasteiger partial charge in [0.2, 0.25) is 5.88 Å². The first-order valence-electron chi connectivity index (χ1n) is 11.6. The molecular formula is C30H23N3O4. The van der Waals surface area contributed by atoms with Crippen molar-refractivity contribution in [2.75, 3.05) is 12.4 Å². The number of aromatic nitrogens is 2. The van der Waals surface area contributed by atoms with E-state index in [1.54, 1.807) is 43.5 Å². The van der Waals surface area contributed by atoms with Crippen LogP contribution in [0, 0.1) is 0 Å². The minimum Gasteiger partial charge on any atom is -0.493 e. The Hall–Kier alpha value is -5.17. The Morgan fingerprint density at radius 3 is 2.11 bits per heavy atom. The highest BCUT2D eigenvalue weighted by Gasteiger charge is 2.10. The SMILES string of the molecule is COc1ccccc1Oc1cc(-c2ccc(C(=O)Nc3ccc(Oc4ccccc4)cc3)cc2)ncn1. The number of hydrogen-bond donors (Lipinski definition) is 1. The Balaban J connectivity index is 1.23. The Kier molecular flexibility index (Phi) is 7.04. The van der Waals surface area contributed by atoms with E-state index in [2.05, 4.69) is 15.3 Å². The second-order valence-corrected chi connectivity index (χ2v) is 7.97. The van der Waals surface area contributed by atoms with Gasteiger partial charge in [-0.1, -0.05) is 42.5 Å². The van der Waals surface area contributed by atoms with Crippen LogP contribution in [0.2, 0.25) is 0 Å². The number of para-hydroxylation sites is 3. The van der Waals surface area contributed by atoms with E-state index < -0.39 is 0 Å². The van der Waals surface area contributed by atoms with Crippen molar-refractivity contribution in [2.24, 2.45) is 0 Å². The molecule has 7 nitrogen and oxygen atoms in total. The Morgan fingerprint density at radius 2 is 1.38 bits per heavy atom. The van der Waals surface area contributed by atoms with Crippen LogP contribution in [0.4, 0.5) is 5.69 Å². The van der Waals surface area contributed by atoms with Gasteiger partial charge in [-0.05, 0) is 60.7 Å². The molecule has 0 unspecified atom stereocenters. The molecule has 0 radical (unpaired) electrons. The average Bonchev–Trinajstić information content (AvgIpc) is 2.95. The summed E-state index contributed by atoms with van der Waals surface area (Å²) in [6.07, 6.45) is 1.44. The topological polar surface area (TPSA) is 82.6 Å². The normalized spacial score (nSPS) is 10.4. The predicted octanol–water partition coefficient (Wildman–Crippen LogP) is 6.99. The van der Waals surface area contributed by atoms with Crippen molar-refractivity contribution in [1.29, 1.82) is 0 Å². The van der Waals surface area contributed by atoms with Crippen molar-refractivity contribution < 1.29 is 19.0 Å². The Labute approximate surface area is 214 Å². The van der Waals surface area contributed by atoms with Gasteiger partial charge in [0.25, 0.3) is 5.91 Å². The van der Waals surface area contributed by atoms with Crippen LogP contribution in [0.5, 0.6) is 28.9 Å². The van der Waals surface area contributed by atoms with Crippen molar-refractivity contribution in [3.8, 4) is 40.1 Å². The monoisotopic (exact) mass is 489 g/mol. The molecule has 0 saturated heterocycles. The van der Waals surface area contributed by atoms with Gasteiger partial charge in [0.15, 0.2) is 11.5 Å². The summed E-state index contributed by atoms with van der Waals surface area (Å²) in [5.74, 6) is 2.77. The number of amides is 1. The van der Waals surface area contributed by atoms with Crippen LogP contribution in [0.15, 0.2) is 116 Å². The van der Waals surface area contributed by atoms with E-state index in [-0.39, 0.29) is 5.91 Å². The summed E-state index contributed by atoms with van der Waals surface area (Å²) >= 11 is 0. The first-order chi connectivity index (χ1) is 18.2. The lowest BCUT2D eigenvalue weighted by Crippen LogP contribution is -2.11. The summed E-state index contributed by atoms with van der Waals surface area (Å²) in [5.41, 5.74) is 2.68. The van der Waals surface area contributed by atoms with E-state index >= 15 is 0 Å². The summed E-state index contributed by atoms with van der Waals surface area (Å²) in [5, 5.41) is 2.90. The highest BCUT2D eigenvalue weighted by atomic mass is 16.5. The second kappa shape index (κ2) is 11.0. The van der Waals surface area contributed by atoms with Gasteiger partial charge in [-0.2, -0.15) is 0 Å². The molecular weight excluding hydrogens is 466 g/mol. The van der Waals surface area contributed by atoms with Gasteiger partial charge in [0.1, 0.15) is 17.8 Å². The minimum absolute atomic E-state index is 0.217. The molecule has 7 heteroatoms. The number of carbonyl (C=O) groups excluding carboxylic acids is 1. The highest BCUT2D eigenvalue weighted by molar-refractivity contribution is 6.04. The summed E-state index contributed by atoms with van der Waals surface area (Å²) in [6.45, 7) is 0. The van der Waals surface area contributed by atoms with Crippen molar-refractivity contribution in [2.45, 2.75) is 0 Å². The minimum atomic E-state index is -0.217. The van der Waals surface area contributed by atoms with Crippen molar-refractivity contribution in [3.05, 3.63) is 121 Å². The lowest BCUT2D eigenvalue weighted by Gasteiger charge is -2.10. The molecule has 4 aromatic carbocycles. The Bertz CT molecular complexity index is 1490. The van der Waals surface area contributed by atoms with E-state index in [1.807, 2.05) is 72.8 Å². The van der Waals surface area contributed by atoms with E-state index in [4.69, 9.17) is 14.2 Å². The summed E-state index contributed by atoms with van der Waals surface area (Å²) in [7, 11) is 1.58. The van der Waals surface area contributed by atoms with E-state index in [0.717, 1.165) is 11.3 Å². The van der Waals surface area contributed by atoms with Gasteiger partial charge >= 0.3 is 0 Å². The molecule has 0 aliphatic heterocycles. The molecule has 0 aliphatic rings. The Morgan fingerprint density at radius 1 is 0.703 bits per heavy atom. The molecule has 1 aromatic heterocycles. The zero-order valence-corrected chi connectivity index (χ0v) is 20.0. The van der Waals surface area contributed by atoms with Crippen LogP contribution < -0.4 is 19.5 Å². The quantitative estimate of drug-likeness (QED) is 0.253. The molecule has 0 bridgehead atoms. The third-order valence-electron chi connectivity index (χ3n) is 5.46. The molecule has 0 fully saturated rings. The number of benzene rings is 4. The molecule has 1 amide bonds. The first-order valence-corrected chi connectivity index (χ1v) is 11.6. The van der Waals surface area contributed by atoms with Crippen LogP contribution in [-0.4, -0.2) is 23.0 Å². The average molecular weight is 490 g/mol. The molecule has 1 N–H and O–H groups in total. The van der Waals surface area contributed by atoms with Crippen LogP contribution >= 0.6 is 0 Å². The number of rotatable bonds is 8. The number of hydrogen-bond acceptors (Lipinski definition) is 6. The van der Waals surface area contributed by atoms with Crippen LogP contribution in [-0.2, 0) is 0 Å². The van der Waals surface area contributed by atoms with Gasteiger partial charge in [0.05, 0.1) is 12.8 Å². The zero-order valence-electron chi connectivity index (χ0n) is 20.0. The number of anilines is 1. The number of nitrogens with zero attached hydrogens (tertiary/aromatic N) is 2. The maximum absolute atomic E-state index is 12.8.